The predicted molar refractivity (Wildman–Crippen MR) is 92.0 cm³/mol. The average molecular weight is 351 g/mol. The van der Waals surface area contributed by atoms with Crippen LogP contribution in [0.15, 0.2) is 18.3 Å². The van der Waals surface area contributed by atoms with E-state index in [9.17, 15) is 4.39 Å². The third-order valence-corrected chi connectivity index (χ3v) is 5.57. The van der Waals surface area contributed by atoms with Gasteiger partial charge in [-0.3, -0.25) is 4.90 Å². The number of ether oxygens (including phenoxy) is 1. The Morgan fingerprint density at radius 1 is 1.42 bits per heavy atom. The van der Waals surface area contributed by atoms with Gasteiger partial charge in [0.1, 0.15) is 6.17 Å². The van der Waals surface area contributed by atoms with Crippen molar-refractivity contribution in [2.75, 3.05) is 32.0 Å². The molecule has 2 aliphatic rings. The first-order chi connectivity index (χ1) is 11.5. The summed E-state index contributed by atoms with van der Waals surface area (Å²) >= 11 is 6.42. The highest BCUT2D eigenvalue weighted by atomic mass is 35.5. The van der Waals surface area contributed by atoms with E-state index in [-0.39, 0.29) is 17.4 Å². The van der Waals surface area contributed by atoms with Crippen LogP contribution in [-0.4, -0.2) is 52.9 Å². The quantitative estimate of drug-likeness (QED) is 0.902. The molecule has 24 heavy (non-hydrogen) atoms. The Balaban J connectivity index is 1.62. The number of fused-ring (bicyclic) bond motifs is 1. The number of piperidine rings is 1. The van der Waals surface area contributed by atoms with Crippen LogP contribution in [0.25, 0.3) is 10.9 Å². The molecule has 5 nitrogen and oxygen atoms in total. The van der Waals surface area contributed by atoms with Crippen molar-refractivity contribution in [3.63, 3.8) is 0 Å². The number of alkyl halides is 1. The number of aromatic nitrogens is 2. The van der Waals surface area contributed by atoms with E-state index in [4.69, 9.17) is 22.1 Å². The van der Waals surface area contributed by atoms with Gasteiger partial charge in [0.05, 0.1) is 24.3 Å². The highest BCUT2D eigenvalue weighted by Gasteiger charge is 2.44. The van der Waals surface area contributed by atoms with Gasteiger partial charge in [-0.2, -0.15) is 0 Å². The van der Waals surface area contributed by atoms with Gasteiger partial charge in [0, 0.05) is 29.1 Å². The molecule has 2 N–H and O–H groups in total. The Bertz CT molecular complexity index is 783. The summed E-state index contributed by atoms with van der Waals surface area (Å²) in [7, 11) is 0. The summed E-state index contributed by atoms with van der Waals surface area (Å²) in [4.78, 5) is 10.4. The smallest absolute Gasteiger partial charge is 0.220 e. The third-order valence-electron chi connectivity index (χ3n) is 5.25. The van der Waals surface area contributed by atoms with Crippen LogP contribution in [0.5, 0.6) is 0 Å². The van der Waals surface area contributed by atoms with Crippen molar-refractivity contribution < 1.29 is 9.13 Å². The molecule has 2 saturated heterocycles. The first-order valence-electron chi connectivity index (χ1n) is 8.15. The highest BCUT2D eigenvalue weighted by molar-refractivity contribution is 6.32. The van der Waals surface area contributed by atoms with Crippen LogP contribution in [0, 0.1) is 0 Å². The summed E-state index contributed by atoms with van der Waals surface area (Å²) in [6.45, 7) is 4.73. The number of nitrogens with zero attached hydrogens (tertiary/aromatic N) is 3. The van der Waals surface area contributed by atoms with Gasteiger partial charge in [0.25, 0.3) is 0 Å². The van der Waals surface area contributed by atoms with Crippen molar-refractivity contribution in [1.29, 1.82) is 0 Å². The van der Waals surface area contributed by atoms with E-state index in [1.54, 1.807) is 12.3 Å². The average Bonchev–Trinajstić information content (AvgIpc) is 2.52. The van der Waals surface area contributed by atoms with Crippen LogP contribution in [0.4, 0.5) is 10.3 Å². The summed E-state index contributed by atoms with van der Waals surface area (Å²) < 4.78 is 20.2. The van der Waals surface area contributed by atoms with Crippen LogP contribution >= 0.6 is 11.6 Å². The Labute approximate surface area is 145 Å². The molecule has 0 radical (unpaired) electrons. The highest BCUT2D eigenvalue weighted by Crippen LogP contribution is 2.39. The fourth-order valence-corrected chi connectivity index (χ4v) is 4.00. The molecule has 0 aliphatic carbocycles. The number of likely N-dealkylation sites (tertiary alicyclic amines) is 1. The Morgan fingerprint density at radius 3 is 2.88 bits per heavy atom. The minimum absolute atomic E-state index is 0.0236. The zero-order valence-corrected chi connectivity index (χ0v) is 14.3. The van der Waals surface area contributed by atoms with Crippen molar-refractivity contribution in [1.82, 2.24) is 14.9 Å². The van der Waals surface area contributed by atoms with Crippen LogP contribution in [-0.2, 0) is 4.74 Å². The monoisotopic (exact) mass is 350 g/mol. The van der Waals surface area contributed by atoms with E-state index in [1.807, 2.05) is 6.07 Å². The topological polar surface area (TPSA) is 64.3 Å². The second-order valence-electron chi connectivity index (χ2n) is 7.01. The number of benzene rings is 1. The largest absolute Gasteiger partial charge is 0.377 e. The number of nitrogens with two attached hydrogens (primary N) is 1. The summed E-state index contributed by atoms with van der Waals surface area (Å²) in [5, 5.41) is 1.38. The molecule has 2 aliphatic heterocycles. The molecule has 0 amide bonds. The molecule has 4 rings (SSSR count). The van der Waals surface area contributed by atoms with Gasteiger partial charge < -0.3 is 10.5 Å². The van der Waals surface area contributed by atoms with Crippen LogP contribution in [0.2, 0.25) is 5.02 Å². The maximum Gasteiger partial charge on any atom is 0.220 e. The van der Waals surface area contributed by atoms with Crippen LogP contribution in [0.3, 0.4) is 0 Å². The number of halogens is 2. The molecule has 2 aromatic rings. The van der Waals surface area contributed by atoms with E-state index in [0.29, 0.717) is 30.3 Å². The maximum absolute atomic E-state index is 14.9. The minimum atomic E-state index is -0.967. The summed E-state index contributed by atoms with van der Waals surface area (Å²) in [6.07, 6.45) is 1.40. The van der Waals surface area contributed by atoms with Gasteiger partial charge >= 0.3 is 0 Å². The summed E-state index contributed by atoms with van der Waals surface area (Å²) in [5.74, 6) is -0.0146. The van der Waals surface area contributed by atoms with Gasteiger partial charge in [0.15, 0.2) is 0 Å². The molecule has 2 fully saturated rings. The van der Waals surface area contributed by atoms with E-state index in [0.717, 1.165) is 23.9 Å². The molecule has 2 unspecified atom stereocenters. The first-order valence-corrected chi connectivity index (χ1v) is 8.53. The molecule has 3 heterocycles. The molecule has 0 spiro atoms. The maximum atomic E-state index is 14.9. The Hall–Kier alpha value is -1.50. The lowest BCUT2D eigenvalue weighted by molar-refractivity contribution is -0.143. The number of anilines is 1. The molecule has 2 atom stereocenters. The van der Waals surface area contributed by atoms with Gasteiger partial charge in [-0.1, -0.05) is 11.6 Å². The third kappa shape index (κ3) is 2.62. The zero-order valence-electron chi connectivity index (χ0n) is 13.5. The van der Waals surface area contributed by atoms with Crippen LogP contribution in [0.1, 0.15) is 24.8 Å². The summed E-state index contributed by atoms with van der Waals surface area (Å²) in [5.41, 5.74) is 7.15. The fraction of sp³-hybridized carbons (Fsp3) is 0.529. The van der Waals surface area contributed by atoms with Crippen molar-refractivity contribution >= 4 is 28.5 Å². The number of hydrogen-bond donors (Lipinski definition) is 1. The molecular formula is C17H20ClFN4O. The Kier molecular flexibility index (Phi) is 3.86. The molecular weight excluding hydrogens is 331 g/mol. The van der Waals surface area contributed by atoms with Crippen LogP contribution < -0.4 is 5.73 Å². The lowest BCUT2D eigenvalue weighted by Gasteiger charge is -2.50. The zero-order chi connectivity index (χ0) is 16.9. The minimum Gasteiger partial charge on any atom is -0.377 e. The standard InChI is InChI=1S/C17H20ClFN4O/c1-17(8-24-9-17)23-3-2-11(14(19)7-23)12-5-15-10(4-13(12)18)6-21-16(20)22-15/h4-6,11,14H,2-3,7-9H2,1H3,(H2,20,21,22). The molecule has 7 heteroatoms. The molecule has 0 saturated carbocycles. The SMILES string of the molecule is CC1(N2CCC(c3cc4nc(N)ncc4cc3Cl)C(F)C2)COC1. The fourth-order valence-electron chi connectivity index (χ4n) is 3.69. The van der Waals surface area contributed by atoms with E-state index >= 15 is 0 Å². The van der Waals surface area contributed by atoms with Gasteiger partial charge in [-0.05, 0) is 37.6 Å². The molecule has 1 aromatic carbocycles. The summed E-state index contributed by atoms with van der Waals surface area (Å²) in [6, 6.07) is 3.66. The van der Waals surface area contributed by atoms with E-state index in [1.165, 1.54) is 0 Å². The lowest BCUT2D eigenvalue weighted by atomic mass is 9.84. The van der Waals surface area contributed by atoms with Gasteiger partial charge in [0.2, 0.25) is 5.95 Å². The van der Waals surface area contributed by atoms with Crippen molar-refractivity contribution in [2.45, 2.75) is 31.0 Å². The number of rotatable bonds is 2. The molecule has 1 aromatic heterocycles. The van der Waals surface area contributed by atoms with Crippen molar-refractivity contribution in [2.24, 2.45) is 0 Å². The second kappa shape index (κ2) is 5.79. The Morgan fingerprint density at radius 2 is 2.21 bits per heavy atom. The normalized spacial score (nSPS) is 27.1. The first kappa shape index (κ1) is 16.0. The van der Waals surface area contributed by atoms with E-state index < -0.39 is 6.17 Å². The van der Waals surface area contributed by atoms with Gasteiger partial charge in [-0.25, -0.2) is 14.4 Å². The second-order valence-corrected chi connectivity index (χ2v) is 7.41. The number of nitrogen functional groups attached to an aromatic ring is 1. The van der Waals surface area contributed by atoms with Crippen molar-refractivity contribution in [3.8, 4) is 0 Å². The molecule has 128 valence electrons. The van der Waals surface area contributed by atoms with Gasteiger partial charge in [-0.15, -0.1) is 0 Å². The van der Waals surface area contributed by atoms with Crippen molar-refractivity contribution in [3.05, 3.63) is 28.9 Å². The molecule has 0 bridgehead atoms. The lowest BCUT2D eigenvalue weighted by Crippen LogP contribution is -2.63. The van der Waals surface area contributed by atoms with E-state index in [2.05, 4.69) is 21.8 Å². The number of hydrogen-bond acceptors (Lipinski definition) is 5. The predicted octanol–water partition coefficient (Wildman–Crippen LogP) is 2.78.